The van der Waals surface area contributed by atoms with Gasteiger partial charge in [-0.05, 0) is 12.8 Å². The molecule has 0 bridgehead atoms. The van der Waals surface area contributed by atoms with Crippen LogP contribution in [0.1, 0.15) is 110 Å². The van der Waals surface area contributed by atoms with Crippen molar-refractivity contribution in [1.29, 1.82) is 0 Å². The van der Waals surface area contributed by atoms with Gasteiger partial charge in [0, 0.05) is 6.92 Å². The number of quaternary nitrogens is 1. The second kappa shape index (κ2) is 22.1. The average molecular weight is 550 g/mol. The zero-order valence-electron chi connectivity index (χ0n) is 24.5. The molecule has 0 aliphatic rings. The summed E-state index contributed by atoms with van der Waals surface area (Å²) < 4.78 is 22.7. The number of unbranched alkanes of at least 4 members (excludes halogenated alkanes) is 14. The minimum atomic E-state index is -4.28. The molecular weight excluding hydrogens is 491 g/mol. The number of hydrogen-bond acceptors (Lipinski definition) is 5. The standard InChI is InChI=1S/C28H57N2O6P/c1-6-7-8-9-10-11-12-13-14-15-16-17-18-19-20-21-22-28(32)27(29-26(2)31)25-36-37(33,34)35-24-23-30(3,4)5/h21-22,27-28,32H,6-20,23-25H2,1-5H3,(H-,29,31,33,34)/p+1/b22-21+. The predicted octanol–water partition coefficient (Wildman–Crippen LogP) is 6.12. The van der Waals surface area contributed by atoms with Crippen LogP contribution in [0.25, 0.3) is 0 Å². The molecular formula is C28H58N2O6P+. The minimum absolute atomic E-state index is 0.0593. The maximum absolute atomic E-state index is 12.1. The highest BCUT2D eigenvalue weighted by Crippen LogP contribution is 2.43. The Morgan fingerprint density at radius 2 is 1.38 bits per heavy atom. The third-order valence-corrected chi connectivity index (χ3v) is 7.28. The molecule has 0 saturated heterocycles. The molecule has 0 saturated carbocycles. The number of phosphoric ester groups is 1. The molecule has 8 nitrogen and oxygen atoms in total. The molecule has 0 radical (unpaired) electrons. The Kier molecular flexibility index (Phi) is 21.6. The number of amides is 1. The molecule has 0 aromatic heterocycles. The van der Waals surface area contributed by atoms with Crippen LogP contribution in [0.5, 0.6) is 0 Å². The SMILES string of the molecule is CCCCCCCCCCCCCCCC/C=C/C(O)C(COP(=O)(O)OCC[N+](C)(C)C)NC(C)=O. The number of allylic oxidation sites excluding steroid dienone is 1. The first-order valence-corrected chi connectivity index (χ1v) is 16.0. The topological polar surface area (TPSA) is 105 Å². The Morgan fingerprint density at radius 3 is 1.84 bits per heavy atom. The Morgan fingerprint density at radius 1 is 0.892 bits per heavy atom. The van der Waals surface area contributed by atoms with E-state index in [1.165, 1.54) is 84.0 Å². The number of nitrogens with zero attached hydrogens (tertiary/aromatic N) is 1. The highest BCUT2D eigenvalue weighted by atomic mass is 31.2. The molecule has 37 heavy (non-hydrogen) atoms. The number of nitrogens with one attached hydrogen (secondary N) is 1. The van der Waals surface area contributed by atoms with Gasteiger partial charge in [-0.25, -0.2) is 4.57 Å². The molecule has 0 aromatic rings. The van der Waals surface area contributed by atoms with Gasteiger partial charge in [-0.15, -0.1) is 0 Å². The van der Waals surface area contributed by atoms with Gasteiger partial charge in [-0.2, -0.15) is 0 Å². The van der Waals surface area contributed by atoms with Crippen molar-refractivity contribution in [3.8, 4) is 0 Å². The summed E-state index contributed by atoms with van der Waals surface area (Å²) in [6.45, 7) is 3.85. The monoisotopic (exact) mass is 549 g/mol. The number of aliphatic hydroxyl groups excluding tert-OH is 1. The maximum Gasteiger partial charge on any atom is 0.472 e. The summed E-state index contributed by atoms with van der Waals surface area (Å²) in [5.74, 6) is -0.355. The lowest BCUT2D eigenvalue weighted by Crippen LogP contribution is -2.44. The van der Waals surface area contributed by atoms with Crippen LogP contribution < -0.4 is 5.32 Å². The van der Waals surface area contributed by atoms with Gasteiger partial charge in [0.15, 0.2) is 0 Å². The fraction of sp³-hybridized carbons (Fsp3) is 0.893. The van der Waals surface area contributed by atoms with Crippen molar-refractivity contribution in [3.63, 3.8) is 0 Å². The molecule has 0 aliphatic heterocycles. The van der Waals surface area contributed by atoms with Crippen LogP contribution in [0.3, 0.4) is 0 Å². The largest absolute Gasteiger partial charge is 0.472 e. The fourth-order valence-corrected chi connectivity index (χ4v) is 4.69. The van der Waals surface area contributed by atoms with E-state index >= 15 is 0 Å². The minimum Gasteiger partial charge on any atom is -0.387 e. The highest BCUT2D eigenvalue weighted by Gasteiger charge is 2.27. The maximum atomic E-state index is 12.1. The lowest BCUT2D eigenvalue weighted by Gasteiger charge is -2.25. The van der Waals surface area contributed by atoms with Gasteiger partial charge in [0.25, 0.3) is 0 Å². The Labute approximate surface area is 227 Å². The number of carbonyl (C=O) groups is 1. The van der Waals surface area contributed by atoms with Gasteiger partial charge in [-0.3, -0.25) is 13.8 Å². The zero-order chi connectivity index (χ0) is 28.0. The smallest absolute Gasteiger partial charge is 0.387 e. The molecule has 9 heteroatoms. The van der Waals surface area contributed by atoms with Crippen LogP contribution in [0, 0.1) is 0 Å². The van der Waals surface area contributed by atoms with Crippen LogP contribution in [-0.2, 0) is 18.4 Å². The number of rotatable bonds is 25. The number of hydrogen-bond donors (Lipinski definition) is 3. The molecule has 0 rings (SSSR count). The lowest BCUT2D eigenvalue weighted by molar-refractivity contribution is -0.870. The predicted molar refractivity (Wildman–Crippen MR) is 152 cm³/mol. The van der Waals surface area contributed by atoms with Crippen LogP contribution >= 0.6 is 7.82 Å². The molecule has 0 aromatic carbocycles. The molecule has 1 amide bonds. The summed E-state index contributed by atoms with van der Waals surface area (Å²) in [5.41, 5.74) is 0. The lowest BCUT2D eigenvalue weighted by atomic mass is 10.0. The average Bonchev–Trinajstić information content (AvgIpc) is 2.80. The summed E-state index contributed by atoms with van der Waals surface area (Å²) in [4.78, 5) is 21.4. The van der Waals surface area contributed by atoms with E-state index < -0.39 is 20.0 Å². The van der Waals surface area contributed by atoms with Crippen molar-refractivity contribution < 1.29 is 32.9 Å². The van der Waals surface area contributed by atoms with E-state index in [0.717, 1.165) is 19.3 Å². The molecule has 3 atom stereocenters. The fourth-order valence-electron chi connectivity index (χ4n) is 3.96. The van der Waals surface area contributed by atoms with Crippen molar-refractivity contribution in [1.82, 2.24) is 5.32 Å². The van der Waals surface area contributed by atoms with E-state index in [-0.39, 0.29) is 19.1 Å². The molecule has 3 unspecified atom stereocenters. The number of likely N-dealkylation sites (N-methyl/N-ethyl adjacent to an activating group) is 1. The van der Waals surface area contributed by atoms with E-state index in [0.29, 0.717) is 11.0 Å². The van der Waals surface area contributed by atoms with Gasteiger partial charge in [-0.1, -0.05) is 103 Å². The summed E-state index contributed by atoms with van der Waals surface area (Å²) in [6.07, 6.45) is 21.7. The Bertz CT molecular complexity index is 639. The van der Waals surface area contributed by atoms with Crippen molar-refractivity contribution in [2.24, 2.45) is 0 Å². The van der Waals surface area contributed by atoms with Crippen LogP contribution in [0.4, 0.5) is 0 Å². The summed E-state index contributed by atoms with van der Waals surface area (Å²) >= 11 is 0. The second-order valence-electron chi connectivity index (χ2n) is 11.2. The van der Waals surface area contributed by atoms with Gasteiger partial charge >= 0.3 is 7.82 Å². The molecule has 0 spiro atoms. The van der Waals surface area contributed by atoms with Crippen LogP contribution in [0.15, 0.2) is 12.2 Å². The first-order chi connectivity index (χ1) is 17.5. The summed E-state index contributed by atoms with van der Waals surface area (Å²) in [5, 5.41) is 13.0. The van der Waals surface area contributed by atoms with Crippen LogP contribution in [0.2, 0.25) is 0 Å². The third-order valence-electron chi connectivity index (χ3n) is 6.29. The van der Waals surface area contributed by atoms with E-state index in [1.54, 1.807) is 6.08 Å². The number of aliphatic hydroxyl groups is 1. The van der Waals surface area contributed by atoms with E-state index in [2.05, 4.69) is 12.2 Å². The molecule has 0 aliphatic carbocycles. The van der Waals surface area contributed by atoms with Crippen molar-refractivity contribution >= 4 is 13.7 Å². The molecule has 0 fully saturated rings. The van der Waals surface area contributed by atoms with E-state index in [9.17, 15) is 19.4 Å². The van der Waals surface area contributed by atoms with Gasteiger partial charge in [0.1, 0.15) is 13.2 Å². The molecule has 220 valence electrons. The third kappa shape index (κ3) is 25.3. The van der Waals surface area contributed by atoms with E-state index in [4.69, 9.17) is 9.05 Å². The van der Waals surface area contributed by atoms with Crippen molar-refractivity contribution in [2.45, 2.75) is 122 Å². The van der Waals surface area contributed by atoms with Gasteiger partial charge < -0.3 is 19.8 Å². The van der Waals surface area contributed by atoms with Gasteiger partial charge in [0.2, 0.25) is 5.91 Å². The first kappa shape index (κ1) is 36.2. The van der Waals surface area contributed by atoms with E-state index in [1.807, 2.05) is 27.2 Å². The van der Waals surface area contributed by atoms with Gasteiger partial charge in [0.05, 0.1) is 39.9 Å². The Balaban J connectivity index is 4.02. The second-order valence-corrected chi connectivity index (χ2v) is 12.7. The quantitative estimate of drug-likeness (QED) is 0.0548. The van der Waals surface area contributed by atoms with Crippen molar-refractivity contribution in [2.75, 3.05) is 40.9 Å². The van der Waals surface area contributed by atoms with Crippen molar-refractivity contribution in [3.05, 3.63) is 12.2 Å². The zero-order valence-corrected chi connectivity index (χ0v) is 25.4. The summed E-state index contributed by atoms with van der Waals surface area (Å²) in [7, 11) is 1.56. The first-order valence-electron chi connectivity index (χ1n) is 14.5. The molecule has 3 N–H and O–H groups in total. The summed E-state index contributed by atoms with van der Waals surface area (Å²) in [6, 6.07) is -0.840. The number of phosphoric acid groups is 1. The molecule has 0 heterocycles. The Hall–Kier alpha value is -0.760. The number of carbonyl (C=O) groups excluding carboxylic acids is 1. The highest BCUT2D eigenvalue weighted by molar-refractivity contribution is 7.47. The van der Waals surface area contributed by atoms with Crippen LogP contribution in [-0.4, -0.2) is 73.4 Å². The normalized spacial score (nSPS) is 15.5.